The van der Waals surface area contributed by atoms with Gasteiger partial charge in [0.05, 0.1) is 6.61 Å². The van der Waals surface area contributed by atoms with Crippen LogP contribution in [0.2, 0.25) is 0 Å². The van der Waals surface area contributed by atoms with Crippen LogP contribution in [0.5, 0.6) is 0 Å². The van der Waals surface area contributed by atoms with Crippen LogP contribution in [-0.2, 0) is 4.57 Å². The highest BCUT2D eigenvalue weighted by Gasteiger charge is 2.23. The van der Waals surface area contributed by atoms with Gasteiger partial charge in [-0.2, -0.15) is 0 Å². The molecule has 0 amide bonds. The number of aliphatic hydroxyl groups is 1. The van der Waals surface area contributed by atoms with E-state index in [2.05, 4.69) is 0 Å². The first-order valence-corrected chi connectivity index (χ1v) is 5.38. The Hall–Kier alpha value is 0.150. The van der Waals surface area contributed by atoms with Crippen LogP contribution in [0, 0.1) is 0 Å². The molecule has 0 aromatic heterocycles. The van der Waals surface area contributed by atoms with Crippen molar-refractivity contribution in [3.8, 4) is 0 Å². The van der Waals surface area contributed by atoms with Crippen LogP contribution in [0.1, 0.15) is 20.3 Å². The minimum atomic E-state index is -3.03. The molecule has 2 unspecified atom stereocenters. The minimum absolute atomic E-state index is 0.0298. The molecule has 0 saturated carbocycles. The maximum absolute atomic E-state index is 11.1. The topological polar surface area (TPSA) is 57.5 Å². The molecule has 0 rings (SSSR count). The fourth-order valence-corrected chi connectivity index (χ4v) is 1.95. The van der Waals surface area contributed by atoms with Gasteiger partial charge in [-0.25, -0.2) is 0 Å². The Morgan fingerprint density at radius 2 is 2.10 bits per heavy atom. The average Bonchev–Trinajstić information content (AvgIpc) is 1.86. The molecule has 10 heavy (non-hydrogen) atoms. The van der Waals surface area contributed by atoms with E-state index >= 15 is 0 Å². The molecule has 0 spiro atoms. The maximum atomic E-state index is 11.1. The Balaban J connectivity index is 3.97. The normalized spacial score (nSPS) is 20.0. The van der Waals surface area contributed by atoms with Gasteiger partial charge in [-0.05, 0) is 6.42 Å². The van der Waals surface area contributed by atoms with Crippen molar-refractivity contribution in [3.63, 3.8) is 0 Å². The van der Waals surface area contributed by atoms with Crippen molar-refractivity contribution in [3.05, 3.63) is 0 Å². The van der Waals surface area contributed by atoms with Crippen molar-refractivity contribution >= 4 is 7.37 Å². The molecule has 0 fully saturated rings. The molecule has 0 radical (unpaired) electrons. The van der Waals surface area contributed by atoms with Gasteiger partial charge in [0.15, 0.2) is 0 Å². The predicted octanol–water partition coefficient (Wildman–Crippen LogP) is 1.05. The SMILES string of the molecule is CCC(C)P(=O)(O)CCO. The average molecular weight is 166 g/mol. The summed E-state index contributed by atoms with van der Waals surface area (Å²) in [6.07, 6.45) is 0.718. The van der Waals surface area contributed by atoms with Crippen molar-refractivity contribution in [2.45, 2.75) is 25.9 Å². The van der Waals surface area contributed by atoms with E-state index in [0.29, 0.717) is 6.42 Å². The van der Waals surface area contributed by atoms with E-state index in [1.807, 2.05) is 6.92 Å². The molecular weight excluding hydrogens is 151 g/mol. The second-order valence-corrected chi connectivity index (χ2v) is 5.30. The first-order chi connectivity index (χ1) is 4.54. The Morgan fingerprint density at radius 3 is 2.40 bits per heavy atom. The van der Waals surface area contributed by atoms with Crippen LogP contribution in [0.15, 0.2) is 0 Å². The van der Waals surface area contributed by atoms with Crippen LogP contribution < -0.4 is 0 Å². The van der Waals surface area contributed by atoms with Gasteiger partial charge in [0.25, 0.3) is 0 Å². The summed E-state index contributed by atoms with van der Waals surface area (Å²) < 4.78 is 11.1. The van der Waals surface area contributed by atoms with Gasteiger partial charge < -0.3 is 10.00 Å². The molecule has 0 saturated heterocycles. The molecule has 0 aliphatic heterocycles. The summed E-state index contributed by atoms with van der Waals surface area (Å²) >= 11 is 0. The largest absolute Gasteiger partial charge is 0.396 e. The summed E-state index contributed by atoms with van der Waals surface area (Å²) in [5, 5.41) is 8.41. The van der Waals surface area contributed by atoms with E-state index in [9.17, 15) is 9.46 Å². The zero-order valence-electron chi connectivity index (χ0n) is 6.45. The smallest absolute Gasteiger partial charge is 0.205 e. The van der Waals surface area contributed by atoms with E-state index in [-0.39, 0.29) is 18.4 Å². The fraction of sp³-hybridized carbons (Fsp3) is 1.00. The van der Waals surface area contributed by atoms with E-state index in [1.54, 1.807) is 6.92 Å². The van der Waals surface area contributed by atoms with Crippen molar-refractivity contribution in [1.82, 2.24) is 0 Å². The van der Waals surface area contributed by atoms with E-state index in [1.165, 1.54) is 0 Å². The molecule has 0 aliphatic carbocycles. The van der Waals surface area contributed by atoms with Crippen LogP contribution in [0.3, 0.4) is 0 Å². The van der Waals surface area contributed by atoms with E-state index in [0.717, 1.165) is 0 Å². The van der Waals surface area contributed by atoms with Crippen LogP contribution >= 0.6 is 7.37 Å². The van der Waals surface area contributed by atoms with Gasteiger partial charge in [0.1, 0.15) is 0 Å². The number of hydrogen-bond acceptors (Lipinski definition) is 2. The lowest BCUT2D eigenvalue weighted by atomic mass is 10.4. The summed E-state index contributed by atoms with van der Waals surface area (Å²) in [4.78, 5) is 9.18. The fourth-order valence-electron chi connectivity index (χ4n) is 0.649. The maximum Gasteiger partial charge on any atom is 0.205 e. The van der Waals surface area contributed by atoms with Crippen LogP contribution in [0.4, 0.5) is 0 Å². The quantitative estimate of drug-likeness (QED) is 0.613. The zero-order valence-corrected chi connectivity index (χ0v) is 7.34. The molecule has 0 bridgehead atoms. The number of hydrogen-bond donors (Lipinski definition) is 2. The third kappa shape index (κ3) is 2.82. The van der Waals surface area contributed by atoms with Gasteiger partial charge >= 0.3 is 0 Å². The lowest BCUT2D eigenvalue weighted by Gasteiger charge is -2.15. The second-order valence-electron chi connectivity index (χ2n) is 2.46. The Bertz CT molecular complexity index is 135. The molecule has 4 heteroatoms. The Kier molecular flexibility index (Phi) is 4.18. The highest BCUT2D eigenvalue weighted by molar-refractivity contribution is 7.58. The molecule has 2 atom stereocenters. The van der Waals surface area contributed by atoms with Gasteiger partial charge in [-0.15, -0.1) is 0 Å². The molecule has 0 aromatic carbocycles. The summed E-state index contributed by atoms with van der Waals surface area (Å²) in [5.74, 6) is 0. The third-order valence-electron chi connectivity index (χ3n) is 1.70. The summed E-state index contributed by atoms with van der Waals surface area (Å²) in [6, 6.07) is 0. The highest BCUT2D eigenvalue weighted by Crippen LogP contribution is 2.46. The molecule has 0 heterocycles. The van der Waals surface area contributed by atoms with Gasteiger partial charge in [-0.1, -0.05) is 13.8 Å². The van der Waals surface area contributed by atoms with Crippen LogP contribution in [-0.4, -0.2) is 28.4 Å². The minimum Gasteiger partial charge on any atom is -0.396 e. The van der Waals surface area contributed by atoms with Crippen molar-refractivity contribution in [2.75, 3.05) is 12.8 Å². The van der Waals surface area contributed by atoms with Gasteiger partial charge in [0, 0.05) is 11.8 Å². The monoisotopic (exact) mass is 166 g/mol. The first kappa shape index (κ1) is 10.2. The number of rotatable bonds is 4. The summed E-state index contributed by atoms with van der Waals surface area (Å²) in [6.45, 7) is 3.40. The molecule has 2 N–H and O–H groups in total. The molecule has 62 valence electrons. The lowest BCUT2D eigenvalue weighted by molar-refractivity contribution is 0.313. The standard InChI is InChI=1S/C6H15O3P/c1-3-6(2)10(8,9)5-4-7/h6-7H,3-5H2,1-2H3,(H,8,9). The molecular formula is C6H15O3P. The van der Waals surface area contributed by atoms with Crippen molar-refractivity contribution < 1.29 is 14.6 Å². The zero-order chi connectivity index (χ0) is 8.20. The summed E-state index contributed by atoms with van der Waals surface area (Å²) in [5.41, 5.74) is -0.181. The van der Waals surface area contributed by atoms with Crippen LogP contribution in [0.25, 0.3) is 0 Å². The molecule has 3 nitrogen and oxygen atoms in total. The molecule has 0 aromatic rings. The Morgan fingerprint density at radius 1 is 1.60 bits per heavy atom. The summed E-state index contributed by atoms with van der Waals surface area (Å²) in [7, 11) is -3.03. The Labute approximate surface area is 61.5 Å². The van der Waals surface area contributed by atoms with Gasteiger partial charge in [-0.3, -0.25) is 4.57 Å². The lowest BCUT2D eigenvalue weighted by Crippen LogP contribution is -2.06. The van der Waals surface area contributed by atoms with E-state index in [4.69, 9.17) is 5.11 Å². The van der Waals surface area contributed by atoms with E-state index < -0.39 is 7.37 Å². The van der Waals surface area contributed by atoms with Crippen molar-refractivity contribution in [2.24, 2.45) is 0 Å². The third-order valence-corrected chi connectivity index (χ3v) is 4.28. The van der Waals surface area contributed by atoms with Gasteiger partial charge in [0.2, 0.25) is 7.37 Å². The predicted molar refractivity (Wildman–Crippen MR) is 41.5 cm³/mol. The first-order valence-electron chi connectivity index (χ1n) is 3.47. The number of aliphatic hydroxyl groups excluding tert-OH is 1. The second kappa shape index (κ2) is 4.12. The highest BCUT2D eigenvalue weighted by atomic mass is 31.2. The molecule has 0 aliphatic rings. The van der Waals surface area contributed by atoms with Crippen molar-refractivity contribution in [1.29, 1.82) is 0 Å².